The maximum Gasteiger partial charge on any atom is 0.266 e. The molecule has 3 heterocycles. The highest BCUT2D eigenvalue weighted by molar-refractivity contribution is 6.34. The number of carbonyl (C=O) groups excluding carboxylic acids is 2. The summed E-state index contributed by atoms with van der Waals surface area (Å²) in [6.07, 6.45) is 0. The predicted octanol–water partition coefficient (Wildman–Crippen LogP) is 8.42. The zero-order chi connectivity index (χ0) is 31.8. The largest absolute Gasteiger partial charge is 0.309 e. The summed E-state index contributed by atoms with van der Waals surface area (Å²) < 4.78 is 4.30. The van der Waals surface area contributed by atoms with Gasteiger partial charge in [-0.2, -0.15) is 10.5 Å². The number of aromatic nitrogens is 2. The van der Waals surface area contributed by atoms with Crippen molar-refractivity contribution >= 4 is 61.1 Å². The van der Waals surface area contributed by atoms with Gasteiger partial charge in [-0.1, -0.05) is 48.5 Å². The predicted molar refractivity (Wildman–Crippen MR) is 182 cm³/mol. The molecule has 0 N–H and O–H groups in total. The molecule has 7 heteroatoms. The Morgan fingerprint density at radius 2 is 1.02 bits per heavy atom. The number of benzene rings is 6. The van der Waals surface area contributed by atoms with Gasteiger partial charge in [-0.15, -0.1) is 0 Å². The minimum absolute atomic E-state index is 0.335. The maximum atomic E-state index is 13.2. The van der Waals surface area contributed by atoms with Gasteiger partial charge in [0.2, 0.25) is 0 Å². The first-order valence-corrected chi connectivity index (χ1v) is 15.1. The second kappa shape index (κ2) is 9.77. The molecule has 1 aliphatic heterocycles. The first-order valence-electron chi connectivity index (χ1n) is 15.1. The van der Waals surface area contributed by atoms with Crippen LogP contribution in [0.25, 0.3) is 55.0 Å². The molecule has 0 unspecified atom stereocenters. The third kappa shape index (κ3) is 3.60. The quantitative estimate of drug-likeness (QED) is 0.189. The summed E-state index contributed by atoms with van der Waals surface area (Å²) in [5.41, 5.74) is 7.50. The molecule has 0 bridgehead atoms. The standard InChI is InChI=1S/C40H21N5O2/c41-22-24-13-15-26(16-14-24)43-33-11-5-3-9-30(33)37-35(43)19-20-36-38(37)31-10-4-6-12-34(31)45(36)32-18-17-27(21-25(32)23-42)44-39(46)28-7-1-2-8-29(28)40(44)47/h1-21H. The van der Waals surface area contributed by atoms with Crippen LogP contribution in [0, 0.1) is 22.7 Å². The highest BCUT2D eigenvalue weighted by atomic mass is 16.2. The van der Waals surface area contributed by atoms with Gasteiger partial charge >= 0.3 is 0 Å². The number of imide groups is 1. The minimum atomic E-state index is -0.403. The summed E-state index contributed by atoms with van der Waals surface area (Å²) in [7, 11) is 0. The molecule has 218 valence electrons. The Bertz CT molecular complexity index is 2720. The van der Waals surface area contributed by atoms with E-state index in [1.807, 2.05) is 60.7 Å². The van der Waals surface area contributed by atoms with Crippen molar-refractivity contribution in [2.75, 3.05) is 4.90 Å². The Balaban J connectivity index is 1.30. The summed E-state index contributed by atoms with van der Waals surface area (Å²) in [5, 5.41) is 24.1. The van der Waals surface area contributed by atoms with E-state index in [-0.39, 0.29) is 0 Å². The maximum absolute atomic E-state index is 13.2. The topological polar surface area (TPSA) is 94.8 Å². The lowest BCUT2D eigenvalue weighted by Crippen LogP contribution is -2.29. The number of anilines is 1. The monoisotopic (exact) mass is 603 g/mol. The number of amides is 2. The fourth-order valence-corrected chi connectivity index (χ4v) is 7.11. The summed E-state index contributed by atoms with van der Waals surface area (Å²) in [5.74, 6) is -0.805. The van der Waals surface area contributed by atoms with E-state index < -0.39 is 11.8 Å². The average molecular weight is 604 g/mol. The van der Waals surface area contributed by atoms with E-state index in [9.17, 15) is 20.1 Å². The van der Waals surface area contributed by atoms with E-state index >= 15 is 0 Å². The lowest BCUT2D eigenvalue weighted by Gasteiger charge is -2.17. The molecule has 0 spiro atoms. The van der Waals surface area contributed by atoms with Crippen molar-refractivity contribution in [3.05, 3.63) is 150 Å². The van der Waals surface area contributed by atoms with E-state index in [2.05, 4.69) is 51.6 Å². The number of fused-ring (bicyclic) bond motifs is 8. The van der Waals surface area contributed by atoms with E-state index in [1.54, 1.807) is 36.4 Å². The van der Waals surface area contributed by atoms with E-state index in [4.69, 9.17) is 0 Å². The van der Waals surface area contributed by atoms with Crippen molar-refractivity contribution in [2.24, 2.45) is 0 Å². The van der Waals surface area contributed by atoms with Crippen LogP contribution >= 0.6 is 0 Å². The van der Waals surface area contributed by atoms with Gasteiger partial charge in [0.25, 0.3) is 11.8 Å². The lowest BCUT2D eigenvalue weighted by atomic mass is 10.1. The molecular weight excluding hydrogens is 582 g/mol. The molecule has 1 aliphatic rings. The smallest absolute Gasteiger partial charge is 0.266 e. The summed E-state index contributed by atoms with van der Waals surface area (Å²) in [6, 6.07) is 44.6. The molecule has 0 radical (unpaired) electrons. The molecule has 0 saturated carbocycles. The third-order valence-electron chi connectivity index (χ3n) is 9.12. The third-order valence-corrected chi connectivity index (χ3v) is 9.12. The number of para-hydroxylation sites is 2. The van der Waals surface area contributed by atoms with Crippen LogP contribution in [-0.2, 0) is 0 Å². The van der Waals surface area contributed by atoms with Gasteiger partial charge in [0.15, 0.2) is 0 Å². The molecule has 0 aliphatic carbocycles. The Hall–Kier alpha value is -6.96. The van der Waals surface area contributed by atoms with Gasteiger partial charge in [0, 0.05) is 27.2 Å². The highest BCUT2D eigenvalue weighted by Crippen LogP contribution is 2.43. The van der Waals surface area contributed by atoms with Gasteiger partial charge in [-0.05, 0) is 78.9 Å². The van der Waals surface area contributed by atoms with Crippen molar-refractivity contribution < 1.29 is 9.59 Å². The number of hydrogen-bond donors (Lipinski definition) is 0. The van der Waals surface area contributed by atoms with E-state index in [1.165, 1.54) is 0 Å². The molecular formula is C40H21N5O2. The number of carbonyl (C=O) groups is 2. The van der Waals surface area contributed by atoms with Gasteiger partial charge in [0.05, 0.1) is 61.8 Å². The molecule has 47 heavy (non-hydrogen) atoms. The first kappa shape index (κ1) is 26.4. The Labute approximate surface area is 267 Å². The van der Waals surface area contributed by atoms with Crippen molar-refractivity contribution in [3.63, 3.8) is 0 Å². The van der Waals surface area contributed by atoms with Crippen LogP contribution in [-0.4, -0.2) is 20.9 Å². The highest BCUT2D eigenvalue weighted by Gasteiger charge is 2.36. The molecule has 2 aromatic heterocycles. The van der Waals surface area contributed by atoms with Crippen molar-refractivity contribution in [3.8, 4) is 23.5 Å². The van der Waals surface area contributed by atoms with E-state index in [0.29, 0.717) is 33.6 Å². The van der Waals surface area contributed by atoms with Crippen LogP contribution in [0.5, 0.6) is 0 Å². The fraction of sp³-hybridized carbons (Fsp3) is 0. The van der Waals surface area contributed by atoms with Gasteiger partial charge in [-0.3, -0.25) is 9.59 Å². The second-order valence-electron chi connectivity index (χ2n) is 11.5. The zero-order valence-corrected chi connectivity index (χ0v) is 24.7. The number of hydrogen-bond acceptors (Lipinski definition) is 4. The minimum Gasteiger partial charge on any atom is -0.309 e. The van der Waals surface area contributed by atoms with Gasteiger partial charge in [-0.25, -0.2) is 4.90 Å². The normalized spacial score (nSPS) is 12.7. The van der Waals surface area contributed by atoms with Crippen LogP contribution in [0.2, 0.25) is 0 Å². The summed E-state index contributed by atoms with van der Waals surface area (Å²) >= 11 is 0. The van der Waals surface area contributed by atoms with Crippen molar-refractivity contribution in [2.45, 2.75) is 0 Å². The first-order chi connectivity index (χ1) is 23.1. The van der Waals surface area contributed by atoms with Crippen molar-refractivity contribution in [1.29, 1.82) is 10.5 Å². The van der Waals surface area contributed by atoms with E-state index in [0.717, 1.165) is 54.2 Å². The number of rotatable bonds is 3. The van der Waals surface area contributed by atoms with Crippen LogP contribution < -0.4 is 4.90 Å². The molecule has 0 atom stereocenters. The molecule has 0 fully saturated rings. The molecule has 9 rings (SSSR count). The van der Waals surface area contributed by atoms with Crippen LogP contribution in [0.3, 0.4) is 0 Å². The summed E-state index contributed by atoms with van der Waals surface area (Å²) in [6.45, 7) is 0. The summed E-state index contributed by atoms with van der Waals surface area (Å²) in [4.78, 5) is 27.6. The van der Waals surface area contributed by atoms with Crippen LogP contribution in [0.4, 0.5) is 5.69 Å². The number of nitrogens with zero attached hydrogens (tertiary/aromatic N) is 5. The van der Waals surface area contributed by atoms with Crippen molar-refractivity contribution in [1.82, 2.24) is 9.13 Å². The fourth-order valence-electron chi connectivity index (χ4n) is 7.11. The Morgan fingerprint density at radius 3 is 1.62 bits per heavy atom. The lowest BCUT2D eigenvalue weighted by molar-refractivity contribution is 0.0926. The van der Waals surface area contributed by atoms with Gasteiger partial charge < -0.3 is 9.13 Å². The molecule has 6 aromatic carbocycles. The molecule has 7 nitrogen and oxygen atoms in total. The average Bonchev–Trinajstić information content (AvgIpc) is 3.73. The van der Waals surface area contributed by atoms with Gasteiger partial charge in [0.1, 0.15) is 6.07 Å². The molecule has 2 amide bonds. The SMILES string of the molecule is N#Cc1ccc(-n2c3ccccc3c3c4c5ccccc5n(-c5ccc(N6C(=O)c7ccccc7C6=O)cc5C#N)c4ccc32)cc1. The number of nitriles is 2. The Kier molecular flexibility index (Phi) is 5.50. The van der Waals surface area contributed by atoms with Crippen LogP contribution in [0.15, 0.2) is 127 Å². The Morgan fingerprint density at radius 1 is 0.489 bits per heavy atom. The molecule has 8 aromatic rings. The van der Waals surface area contributed by atoms with Crippen LogP contribution in [0.1, 0.15) is 31.8 Å². The zero-order valence-electron chi connectivity index (χ0n) is 24.7. The second-order valence-corrected chi connectivity index (χ2v) is 11.5. The molecule has 0 saturated heterocycles.